The van der Waals surface area contributed by atoms with Crippen molar-refractivity contribution in [2.75, 3.05) is 5.32 Å². The lowest BCUT2D eigenvalue weighted by molar-refractivity contribution is -0.112. The molecule has 128 valence electrons. The predicted octanol–water partition coefficient (Wildman–Crippen LogP) is 5.58. The van der Waals surface area contributed by atoms with Gasteiger partial charge in [-0.25, -0.2) is 0 Å². The summed E-state index contributed by atoms with van der Waals surface area (Å²) in [5, 5.41) is 4.69. The molecule has 3 rings (SSSR count). The number of hydrogen-bond acceptors (Lipinski definition) is 2. The molecule has 0 aromatic heterocycles. The topological polar surface area (TPSA) is 46.2 Å². The minimum absolute atomic E-state index is 0.0465. The molecule has 0 radical (unpaired) electrons. The van der Waals surface area contributed by atoms with Gasteiger partial charge in [0.25, 0.3) is 5.91 Å². The SMILES string of the molecule is C=C(Br)C(=O)Nc1ccc(/C=C/C(=O)c2cccc3ccccc23)cc1. The fourth-order valence-electron chi connectivity index (χ4n) is 2.58. The van der Waals surface area contributed by atoms with E-state index in [1.54, 1.807) is 24.3 Å². The van der Waals surface area contributed by atoms with Crippen molar-refractivity contribution in [3.8, 4) is 0 Å². The maximum absolute atomic E-state index is 12.6. The molecule has 0 bridgehead atoms. The molecule has 1 amide bonds. The Morgan fingerprint density at radius 1 is 0.923 bits per heavy atom. The first-order valence-electron chi connectivity index (χ1n) is 8.00. The second-order valence-electron chi connectivity index (χ2n) is 5.71. The average Bonchev–Trinajstić information content (AvgIpc) is 2.66. The minimum Gasteiger partial charge on any atom is -0.322 e. The van der Waals surface area contributed by atoms with Gasteiger partial charge in [0.15, 0.2) is 5.78 Å². The zero-order valence-electron chi connectivity index (χ0n) is 13.9. The van der Waals surface area contributed by atoms with E-state index in [4.69, 9.17) is 0 Å². The van der Waals surface area contributed by atoms with Crippen LogP contribution in [0, 0.1) is 0 Å². The summed E-state index contributed by atoms with van der Waals surface area (Å²) >= 11 is 3.04. The van der Waals surface area contributed by atoms with E-state index >= 15 is 0 Å². The maximum Gasteiger partial charge on any atom is 0.262 e. The standard InChI is InChI=1S/C22H16BrNO2/c1-15(23)22(26)24-18-12-9-16(10-13-18)11-14-21(25)20-8-4-6-17-5-2-3-7-19(17)20/h2-14H,1H2,(H,24,26)/b14-11+. The third-order valence-electron chi connectivity index (χ3n) is 3.90. The van der Waals surface area contributed by atoms with Crippen LogP contribution in [-0.2, 0) is 4.79 Å². The summed E-state index contributed by atoms with van der Waals surface area (Å²) in [6, 6.07) is 20.7. The number of nitrogens with one attached hydrogen (secondary N) is 1. The second kappa shape index (κ2) is 7.93. The number of hydrogen-bond donors (Lipinski definition) is 1. The van der Waals surface area contributed by atoms with Gasteiger partial charge < -0.3 is 5.32 Å². The molecule has 0 aliphatic heterocycles. The molecule has 0 aliphatic carbocycles. The Morgan fingerprint density at radius 3 is 2.35 bits per heavy atom. The lowest BCUT2D eigenvalue weighted by Gasteiger charge is -2.04. The molecule has 0 heterocycles. The number of rotatable bonds is 5. The van der Waals surface area contributed by atoms with Crippen LogP contribution >= 0.6 is 15.9 Å². The van der Waals surface area contributed by atoms with Gasteiger partial charge in [-0.1, -0.05) is 67.3 Å². The van der Waals surface area contributed by atoms with E-state index in [9.17, 15) is 9.59 Å². The van der Waals surface area contributed by atoms with Gasteiger partial charge in [-0.05, 0) is 50.5 Å². The smallest absolute Gasteiger partial charge is 0.262 e. The lowest BCUT2D eigenvalue weighted by atomic mass is 10.0. The van der Waals surface area contributed by atoms with Gasteiger partial charge in [0.2, 0.25) is 0 Å². The van der Waals surface area contributed by atoms with E-state index < -0.39 is 0 Å². The number of carbonyl (C=O) groups excluding carboxylic acids is 2. The third-order valence-corrected chi connectivity index (χ3v) is 4.26. The molecule has 0 fully saturated rings. The van der Waals surface area contributed by atoms with Gasteiger partial charge in [0.05, 0.1) is 4.48 Å². The van der Waals surface area contributed by atoms with Crippen molar-refractivity contribution in [2.45, 2.75) is 0 Å². The van der Waals surface area contributed by atoms with Crippen molar-refractivity contribution in [3.63, 3.8) is 0 Å². The summed E-state index contributed by atoms with van der Waals surface area (Å²) in [6.45, 7) is 3.52. The Balaban J connectivity index is 1.76. The summed E-state index contributed by atoms with van der Waals surface area (Å²) in [5.74, 6) is -0.339. The Morgan fingerprint density at radius 2 is 1.62 bits per heavy atom. The number of benzene rings is 3. The highest BCUT2D eigenvalue weighted by Gasteiger charge is 2.07. The quantitative estimate of drug-likeness (QED) is 0.444. The van der Waals surface area contributed by atoms with Crippen LogP contribution in [0.2, 0.25) is 0 Å². The molecule has 26 heavy (non-hydrogen) atoms. The average molecular weight is 406 g/mol. The van der Waals surface area contributed by atoms with Gasteiger partial charge in [0, 0.05) is 11.3 Å². The molecule has 3 aromatic carbocycles. The highest BCUT2D eigenvalue weighted by Crippen LogP contribution is 2.20. The number of halogens is 1. The van der Waals surface area contributed by atoms with E-state index in [0.29, 0.717) is 11.3 Å². The number of fused-ring (bicyclic) bond motifs is 1. The molecule has 0 aliphatic rings. The molecule has 0 saturated carbocycles. The van der Waals surface area contributed by atoms with Crippen molar-refractivity contribution in [1.29, 1.82) is 0 Å². The first-order chi connectivity index (χ1) is 12.5. The Kier molecular flexibility index (Phi) is 5.44. The van der Waals surface area contributed by atoms with Crippen LogP contribution in [0.15, 0.2) is 83.9 Å². The third kappa shape index (κ3) is 4.16. The van der Waals surface area contributed by atoms with Gasteiger partial charge in [-0.15, -0.1) is 0 Å². The highest BCUT2D eigenvalue weighted by atomic mass is 79.9. The van der Waals surface area contributed by atoms with Crippen LogP contribution < -0.4 is 5.32 Å². The lowest BCUT2D eigenvalue weighted by Crippen LogP contribution is -2.10. The van der Waals surface area contributed by atoms with Crippen LogP contribution in [0.3, 0.4) is 0 Å². The minimum atomic E-state index is -0.292. The maximum atomic E-state index is 12.6. The molecular formula is C22H16BrNO2. The number of anilines is 1. The largest absolute Gasteiger partial charge is 0.322 e. The molecule has 0 saturated heterocycles. The molecule has 3 nitrogen and oxygen atoms in total. The molecule has 4 heteroatoms. The van der Waals surface area contributed by atoms with E-state index in [1.807, 2.05) is 54.6 Å². The Labute approximate surface area is 160 Å². The van der Waals surface area contributed by atoms with Crippen LogP contribution in [0.1, 0.15) is 15.9 Å². The van der Waals surface area contributed by atoms with E-state index in [1.165, 1.54) is 0 Å². The Bertz CT molecular complexity index is 1010. The van der Waals surface area contributed by atoms with Crippen molar-refractivity contribution in [3.05, 3.63) is 95.0 Å². The monoisotopic (exact) mass is 405 g/mol. The molecule has 1 N–H and O–H groups in total. The van der Waals surface area contributed by atoms with Crippen molar-refractivity contribution in [1.82, 2.24) is 0 Å². The number of carbonyl (C=O) groups is 2. The molecule has 0 atom stereocenters. The second-order valence-corrected chi connectivity index (χ2v) is 6.66. The van der Waals surface area contributed by atoms with E-state index in [-0.39, 0.29) is 16.2 Å². The summed E-state index contributed by atoms with van der Waals surface area (Å²) in [5.41, 5.74) is 2.21. The molecule has 0 spiro atoms. The molecule has 0 unspecified atom stereocenters. The normalized spacial score (nSPS) is 10.8. The number of ketones is 1. The molecular weight excluding hydrogens is 390 g/mol. The predicted molar refractivity (Wildman–Crippen MR) is 110 cm³/mol. The first kappa shape index (κ1) is 17.8. The van der Waals surface area contributed by atoms with Gasteiger partial charge in [0.1, 0.15) is 0 Å². The van der Waals surface area contributed by atoms with Crippen LogP contribution in [0.4, 0.5) is 5.69 Å². The molecule has 3 aromatic rings. The first-order valence-corrected chi connectivity index (χ1v) is 8.80. The zero-order chi connectivity index (χ0) is 18.5. The summed E-state index contributed by atoms with van der Waals surface area (Å²) in [7, 11) is 0. The van der Waals surface area contributed by atoms with Gasteiger partial charge >= 0.3 is 0 Å². The number of amides is 1. The van der Waals surface area contributed by atoms with E-state index in [2.05, 4.69) is 27.8 Å². The fourth-order valence-corrected chi connectivity index (χ4v) is 2.68. The van der Waals surface area contributed by atoms with Gasteiger partial charge in [-0.2, -0.15) is 0 Å². The van der Waals surface area contributed by atoms with Crippen molar-refractivity contribution < 1.29 is 9.59 Å². The summed E-state index contributed by atoms with van der Waals surface area (Å²) in [6.07, 6.45) is 3.33. The summed E-state index contributed by atoms with van der Waals surface area (Å²) < 4.78 is 0.266. The number of allylic oxidation sites excluding steroid dienone is 1. The van der Waals surface area contributed by atoms with Crippen LogP contribution in [-0.4, -0.2) is 11.7 Å². The van der Waals surface area contributed by atoms with E-state index in [0.717, 1.165) is 16.3 Å². The summed E-state index contributed by atoms with van der Waals surface area (Å²) in [4.78, 5) is 24.1. The van der Waals surface area contributed by atoms with Crippen LogP contribution in [0.25, 0.3) is 16.8 Å². The van der Waals surface area contributed by atoms with Gasteiger partial charge in [-0.3, -0.25) is 9.59 Å². The fraction of sp³-hybridized carbons (Fsp3) is 0. The zero-order valence-corrected chi connectivity index (χ0v) is 15.5. The van der Waals surface area contributed by atoms with Crippen LogP contribution in [0.5, 0.6) is 0 Å². The highest BCUT2D eigenvalue weighted by molar-refractivity contribution is 9.12. The van der Waals surface area contributed by atoms with Crippen molar-refractivity contribution in [2.24, 2.45) is 0 Å². The van der Waals surface area contributed by atoms with Crippen molar-refractivity contribution >= 4 is 50.2 Å². The Hall–Kier alpha value is -2.98.